The lowest BCUT2D eigenvalue weighted by Crippen LogP contribution is -2.45. The first-order valence-electron chi connectivity index (χ1n) is 5.94. The molecular weight excluding hydrogens is 174 g/mol. The van der Waals surface area contributed by atoms with E-state index in [4.69, 9.17) is 10.5 Å². The summed E-state index contributed by atoms with van der Waals surface area (Å²) in [6.45, 7) is 7.59. The minimum absolute atomic E-state index is 0.0308. The molecular formula is C12H25NO. The van der Waals surface area contributed by atoms with E-state index >= 15 is 0 Å². The fourth-order valence-corrected chi connectivity index (χ4v) is 2.14. The van der Waals surface area contributed by atoms with E-state index in [-0.39, 0.29) is 11.6 Å². The molecule has 0 aliphatic carbocycles. The third-order valence-electron chi connectivity index (χ3n) is 3.33. The molecule has 0 saturated carbocycles. The highest BCUT2D eigenvalue weighted by molar-refractivity contribution is 4.90. The fraction of sp³-hybridized carbons (Fsp3) is 1.00. The van der Waals surface area contributed by atoms with Crippen molar-refractivity contribution in [2.24, 2.45) is 11.7 Å². The van der Waals surface area contributed by atoms with E-state index < -0.39 is 0 Å². The largest absolute Gasteiger partial charge is 0.374 e. The van der Waals surface area contributed by atoms with Crippen LogP contribution in [0.3, 0.4) is 0 Å². The first-order chi connectivity index (χ1) is 6.54. The van der Waals surface area contributed by atoms with Gasteiger partial charge in [-0.25, -0.2) is 0 Å². The van der Waals surface area contributed by atoms with Gasteiger partial charge in [0.25, 0.3) is 0 Å². The quantitative estimate of drug-likeness (QED) is 0.739. The van der Waals surface area contributed by atoms with E-state index in [9.17, 15) is 0 Å². The highest BCUT2D eigenvalue weighted by atomic mass is 16.5. The van der Waals surface area contributed by atoms with Gasteiger partial charge in [0.2, 0.25) is 0 Å². The van der Waals surface area contributed by atoms with Crippen molar-refractivity contribution in [3.05, 3.63) is 0 Å². The summed E-state index contributed by atoms with van der Waals surface area (Å²) in [4.78, 5) is 0. The average Bonchev–Trinajstić information content (AvgIpc) is 2.52. The molecule has 14 heavy (non-hydrogen) atoms. The third kappa shape index (κ3) is 3.25. The van der Waals surface area contributed by atoms with Crippen LogP contribution < -0.4 is 5.73 Å². The van der Waals surface area contributed by atoms with Crippen molar-refractivity contribution in [2.45, 2.75) is 64.5 Å². The Morgan fingerprint density at radius 2 is 2.07 bits per heavy atom. The monoisotopic (exact) mass is 199 g/mol. The Bertz CT molecular complexity index is 162. The molecule has 0 aromatic heterocycles. The summed E-state index contributed by atoms with van der Waals surface area (Å²) in [5, 5.41) is 0. The van der Waals surface area contributed by atoms with E-state index in [2.05, 4.69) is 20.8 Å². The lowest BCUT2D eigenvalue weighted by atomic mass is 9.89. The summed E-state index contributed by atoms with van der Waals surface area (Å²) in [5.74, 6) is 0.791. The zero-order valence-electron chi connectivity index (χ0n) is 9.88. The van der Waals surface area contributed by atoms with E-state index in [1.54, 1.807) is 0 Å². The molecule has 1 fully saturated rings. The van der Waals surface area contributed by atoms with Crippen LogP contribution in [0.4, 0.5) is 0 Å². The zero-order valence-corrected chi connectivity index (χ0v) is 9.88. The standard InChI is InChI=1S/C12H25NO/c1-10(2)6-4-7-11(13)12(3)8-5-9-14-12/h10-11H,4-9,13H2,1-3H3. The molecule has 0 spiro atoms. The van der Waals surface area contributed by atoms with Gasteiger partial charge in [-0.05, 0) is 32.1 Å². The van der Waals surface area contributed by atoms with Gasteiger partial charge >= 0.3 is 0 Å². The maximum Gasteiger partial charge on any atom is 0.0805 e. The minimum atomic E-state index is -0.0308. The van der Waals surface area contributed by atoms with Crippen molar-refractivity contribution in [1.29, 1.82) is 0 Å². The van der Waals surface area contributed by atoms with Gasteiger partial charge in [0.1, 0.15) is 0 Å². The molecule has 0 aromatic rings. The topological polar surface area (TPSA) is 35.2 Å². The number of ether oxygens (including phenoxy) is 1. The Kier molecular flexibility index (Phi) is 4.39. The molecule has 84 valence electrons. The molecule has 2 heteroatoms. The number of rotatable bonds is 5. The third-order valence-corrected chi connectivity index (χ3v) is 3.33. The van der Waals surface area contributed by atoms with Crippen molar-refractivity contribution in [2.75, 3.05) is 6.61 Å². The van der Waals surface area contributed by atoms with Gasteiger partial charge in [0.15, 0.2) is 0 Å². The van der Waals surface area contributed by atoms with E-state index in [0.717, 1.165) is 25.4 Å². The Labute approximate surface area is 88.2 Å². The van der Waals surface area contributed by atoms with Crippen molar-refractivity contribution >= 4 is 0 Å². The van der Waals surface area contributed by atoms with Crippen LogP contribution >= 0.6 is 0 Å². The number of hydrogen-bond acceptors (Lipinski definition) is 2. The first-order valence-corrected chi connectivity index (χ1v) is 5.94. The molecule has 1 rings (SSSR count). The first kappa shape index (κ1) is 12.0. The number of hydrogen-bond donors (Lipinski definition) is 1. The SMILES string of the molecule is CC(C)CCCC(N)C1(C)CCCO1. The van der Waals surface area contributed by atoms with Gasteiger partial charge in [0, 0.05) is 12.6 Å². The smallest absolute Gasteiger partial charge is 0.0805 e. The predicted molar refractivity (Wildman–Crippen MR) is 60.3 cm³/mol. The summed E-state index contributed by atoms with van der Waals surface area (Å²) in [6, 6.07) is 0.226. The van der Waals surface area contributed by atoms with Gasteiger partial charge in [-0.3, -0.25) is 0 Å². The molecule has 0 radical (unpaired) electrons. The molecule has 0 aromatic carbocycles. The van der Waals surface area contributed by atoms with Crippen LogP contribution in [0.5, 0.6) is 0 Å². The molecule has 1 heterocycles. The maximum absolute atomic E-state index is 6.17. The summed E-state index contributed by atoms with van der Waals surface area (Å²) in [7, 11) is 0. The second-order valence-electron chi connectivity index (χ2n) is 5.20. The highest BCUT2D eigenvalue weighted by Crippen LogP contribution is 2.29. The van der Waals surface area contributed by atoms with Crippen LogP contribution in [0.25, 0.3) is 0 Å². The summed E-state index contributed by atoms with van der Waals surface area (Å²) in [5.41, 5.74) is 6.14. The molecule has 1 aliphatic rings. The van der Waals surface area contributed by atoms with Gasteiger partial charge in [0.05, 0.1) is 5.60 Å². The maximum atomic E-state index is 6.17. The summed E-state index contributed by atoms with van der Waals surface area (Å²) in [6.07, 6.45) is 5.93. The van der Waals surface area contributed by atoms with E-state index in [0.29, 0.717) is 0 Å². The molecule has 2 nitrogen and oxygen atoms in total. The van der Waals surface area contributed by atoms with Gasteiger partial charge in [-0.2, -0.15) is 0 Å². The van der Waals surface area contributed by atoms with Crippen molar-refractivity contribution in [1.82, 2.24) is 0 Å². The normalized spacial score (nSPS) is 29.8. The van der Waals surface area contributed by atoms with Crippen LogP contribution in [0.1, 0.15) is 52.9 Å². The number of nitrogens with two attached hydrogens (primary N) is 1. The van der Waals surface area contributed by atoms with E-state index in [1.165, 1.54) is 19.3 Å². The van der Waals surface area contributed by atoms with Gasteiger partial charge in [-0.1, -0.05) is 26.7 Å². The Hall–Kier alpha value is -0.0800. The summed E-state index contributed by atoms with van der Waals surface area (Å²) < 4.78 is 5.73. The van der Waals surface area contributed by atoms with Gasteiger partial charge < -0.3 is 10.5 Å². The average molecular weight is 199 g/mol. The van der Waals surface area contributed by atoms with Gasteiger partial charge in [-0.15, -0.1) is 0 Å². The van der Waals surface area contributed by atoms with Crippen LogP contribution in [-0.4, -0.2) is 18.2 Å². The Morgan fingerprint density at radius 1 is 1.36 bits per heavy atom. The molecule has 2 atom stereocenters. The highest BCUT2D eigenvalue weighted by Gasteiger charge is 2.35. The molecule has 2 unspecified atom stereocenters. The lowest BCUT2D eigenvalue weighted by molar-refractivity contribution is -0.00379. The Morgan fingerprint density at radius 3 is 2.57 bits per heavy atom. The molecule has 0 bridgehead atoms. The van der Waals surface area contributed by atoms with Crippen LogP contribution in [0.15, 0.2) is 0 Å². The Balaban J connectivity index is 2.23. The predicted octanol–water partition coefficient (Wildman–Crippen LogP) is 2.71. The lowest BCUT2D eigenvalue weighted by Gasteiger charge is -2.30. The fourth-order valence-electron chi connectivity index (χ4n) is 2.14. The van der Waals surface area contributed by atoms with Crippen LogP contribution in [0, 0.1) is 5.92 Å². The molecule has 2 N–H and O–H groups in total. The second kappa shape index (κ2) is 5.13. The minimum Gasteiger partial charge on any atom is -0.374 e. The zero-order chi connectivity index (χ0) is 10.6. The van der Waals surface area contributed by atoms with Crippen molar-refractivity contribution < 1.29 is 4.74 Å². The second-order valence-corrected chi connectivity index (χ2v) is 5.20. The van der Waals surface area contributed by atoms with E-state index in [1.807, 2.05) is 0 Å². The molecule has 1 saturated heterocycles. The summed E-state index contributed by atoms with van der Waals surface area (Å²) >= 11 is 0. The van der Waals surface area contributed by atoms with Crippen molar-refractivity contribution in [3.8, 4) is 0 Å². The van der Waals surface area contributed by atoms with Crippen LogP contribution in [0.2, 0.25) is 0 Å². The van der Waals surface area contributed by atoms with Crippen molar-refractivity contribution in [3.63, 3.8) is 0 Å². The molecule has 1 aliphatic heterocycles. The van der Waals surface area contributed by atoms with Crippen LogP contribution in [-0.2, 0) is 4.74 Å². The molecule has 0 amide bonds.